The number of benzene rings is 2. The van der Waals surface area contributed by atoms with E-state index in [1.165, 1.54) is 12.1 Å². The van der Waals surface area contributed by atoms with E-state index in [4.69, 9.17) is 9.26 Å². The molecule has 0 fully saturated rings. The second kappa shape index (κ2) is 7.61. The van der Waals surface area contributed by atoms with Crippen molar-refractivity contribution in [2.45, 2.75) is 26.1 Å². The van der Waals surface area contributed by atoms with E-state index >= 15 is 0 Å². The zero-order valence-electron chi connectivity index (χ0n) is 14.3. The van der Waals surface area contributed by atoms with Crippen LogP contribution >= 0.6 is 0 Å². The lowest BCUT2D eigenvalue weighted by molar-refractivity contribution is -0.137. The van der Waals surface area contributed by atoms with Gasteiger partial charge < -0.3 is 9.26 Å². The van der Waals surface area contributed by atoms with Crippen LogP contribution < -0.4 is 4.74 Å². The first kappa shape index (κ1) is 18.6. The lowest BCUT2D eigenvalue weighted by Crippen LogP contribution is -2.04. The van der Waals surface area contributed by atoms with Crippen molar-refractivity contribution >= 4 is 5.78 Å². The van der Waals surface area contributed by atoms with Crippen LogP contribution in [0, 0.1) is 0 Å². The number of ketones is 1. The summed E-state index contributed by atoms with van der Waals surface area (Å²) in [6, 6.07) is 11.3. The molecule has 0 aliphatic carbocycles. The van der Waals surface area contributed by atoms with Gasteiger partial charge in [0.05, 0.1) is 5.56 Å². The van der Waals surface area contributed by atoms with E-state index in [2.05, 4.69) is 10.1 Å². The number of aromatic nitrogens is 2. The Labute approximate surface area is 152 Å². The average Bonchev–Trinajstić information content (AvgIpc) is 3.15. The summed E-state index contributed by atoms with van der Waals surface area (Å²) in [6.07, 6.45) is -4.03. The van der Waals surface area contributed by atoms with Gasteiger partial charge in [-0.3, -0.25) is 4.79 Å². The molecule has 3 aromatic rings. The standard InChI is InChI=1S/C19H15F3N2O3/c1-2-16(25)12-6-8-15(9-7-12)26-11-17-23-18(24-27-17)13-4-3-5-14(10-13)19(20,21)22/h3-10H,2,11H2,1H3. The van der Waals surface area contributed by atoms with Crippen LogP contribution in [-0.4, -0.2) is 15.9 Å². The minimum atomic E-state index is -4.45. The molecule has 8 heteroatoms. The SMILES string of the molecule is CCC(=O)c1ccc(OCc2nc(-c3cccc(C(F)(F)F)c3)no2)cc1. The van der Waals surface area contributed by atoms with Crippen molar-refractivity contribution in [3.8, 4) is 17.1 Å². The molecule has 1 heterocycles. The largest absolute Gasteiger partial charge is 0.484 e. The first-order valence-electron chi connectivity index (χ1n) is 8.13. The Morgan fingerprint density at radius 2 is 1.89 bits per heavy atom. The fourth-order valence-corrected chi connectivity index (χ4v) is 2.35. The molecule has 0 radical (unpaired) electrons. The Hall–Kier alpha value is -3.16. The highest BCUT2D eigenvalue weighted by Crippen LogP contribution is 2.31. The molecule has 1 aromatic heterocycles. The highest BCUT2D eigenvalue weighted by atomic mass is 19.4. The van der Waals surface area contributed by atoms with Gasteiger partial charge in [0.15, 0.2) is 12.4 Å². The number of carbonyl (C=O) groups is 1. The number of carbonyl (C=O) groups excluding carboxylic acids is 1. The van der Waals surface area contributed by atoms with Gasteiger partial charge in [-0.05, 0) is 36.4 Å². The number of alkyl halides is 3. The molecule has 140 valence electrons. The molecule has 0 amide bonds. The van der Waals surface area contributed by atoms with E-state index in [0.717, 1.165) is 12.1 Å². The van der Waals surface area contributed by atoms with Gasteiger partial charge in [-0.1, -0.05) is 24.2 Å². The summed E-state index contributed by atoms with van der Waals surface area (Å²) < 4.78 is 48.9. The number of halogens is 3. The van der Waals surface area contributed by atoms with Gasteiger partial charge in [0, 0.05) is 17.5 Å². The summed E-state index contributed by atoms with van der Waals surface area (Å²) in [5.74, 6) is 0.699. The van der Waals surface area contributed by atoms with Gasteiger partial charge >= 0.3 is 6.18 Å². The molecule has 0 atom stereocenters. The normalized spacial score (nSPS) is 11.4. The quantitative estimate of drug-likeness (QED) is 0.571. The maximum Gasteiger partial charge on any atom is 0.416 e. The minimum Gasteiger partial charge on any atom is -0.484 e. The molecule has 0 aliphatic rings. The fourth-order valence-electron chi connectivity index (χ4n) is 2.35. The van der Waals surface area contributed by atoms with E-state index in [1.807, 2.05) is 0 Å². The van der Waals surface area contributed by atoms with Gasteiger partial charge in [0.25, 0.3) is 5.89 Å². The van der Waals surface area contributed by atoms with Crippen LogP contribution in [0.15, 0.2) is 53.1 Å². The second-order valence-corrected chi connectivity index (χ2v) is 5.68. The van der Waals surface area contributed by atoms with Crippen LogP contribution in [0.4, 0.5) is 13.2 Å². The Bertz CT molecular complexity index is 934. The molecule has 0 bridgehead atoms. The lowest BCUT2D eigenvalue weighted by atomic mass is 10.1. The molecule has 5 nitrogen and oxygen atoms in total. The Morgan fingerprint density at radius 3 is 2.56 bits per heavy atom. The predicted molar refractivity (Wildman–Crippen MR) is 90.1 cm³/mol. The van der Waals surface area contributed by atoms with Crippen LogP contribution in [0.2, 0.25) is 0 Å². The number of ether oxygens (including phenoxy) is 1. The third-order valence-corrected chi connectivity index (χ3v) is 3.78. The molecule has 27 heavy (non-hydrogen) atoms. The molecule has 0 saturated carbocycles. The van der Waals surface area contributed by atoms with E-state index in [1.54, 1.807) is 31.2 Å². The molecule has 0 saturated heterocycles. The van der Waals surface area contributed by atoms with Crippen molar-refractivity contribution in [1.82, 2.24) is 10.1 Å². The predicted octanol–water partition coefficient (Wildman–Crippen LogP) is 4.93. The molecule has 0 unspecified atom stereocenters. The van der Waals surface area contributed by atoms with E-state index in [9.17, 15) is 18.0 Å². The zero-order chi connectivity index (χ0) is 19.4. The van der Waals surface area contributed by atoms with Crippen molar-refractivity contribution in [1.29, 1.82) is 0 Å². The van der Waals surface area contributed by atoms with Crippen molar-refractivity contribution in [3.63, 3.8) is 0 Å². The number of Topliss-reactive ketones (excluding diaryl/α,β-unsaturated/α-hetero) is 1. The maximum absolute atomic E-state index is 12.8. The molecule has 0 aliphatic heterocycles. The third-order valence-electron chi connectivity index (χ3n) is 3.78. The summed E-state index contributed by atoms with van der Waals surface area (Å²) >= 11 is 0. The first-order chi connectivity index (χ1) is 12.9. The van der Waals surface area contributed by atoms with Gasteiger partial charge in [-0.2, -0.15) is 18.2 Å². The van der Waals surface area contributed by atoms with Crippen LogP contribution in [0.3, 0.4) is 0 Å². The smallest absolute Gasteiger partial charge is 0.416 e. The lowest BCUT2D eigenvalue weighted by Gasteiger charge is -2.06. The number of hydrogen-bond donors (Lipinski definition) is 0. The molecule has 3 rings (SSSR count). The van der Waals surface area contributed by atoms with Crippen molar-refractivity contribution < 1.29 is 27.2 Å². The summed E-state index contributed by atoms with van der Waals surface area (Å²) in [7, 11) is 0. The van der Waals surface area contributed by atoms with E-state index in [0.29, 0.717) is 17.7 Å². The Balaban J connectivity index is 1.67. The fraction of sp³-hybridized carbons (Fsp3) is 0.211. The number of nitrogens with zero attached hydrogens (tertiary/aromatic N) is 2. The van der Waals surface area contributed by atoms with Crippen LogP contribution in [0.5, 0.6) is 5.75 Å². The molecule has 0 spiro atoms. The summed E-state index contributed by atoms with van der Waals surface area (Å²) in [4.78, 5) is 15.6. The van der Waals surface area contributed by atoms with E-state index < -0.39 is 11.7 Å². The monoisotopic (exact) mass is 376 g/mol. The van der Waals surface area contributed by atoms with E-state index in [-0.39, 0.29) is 29.7 Å². The Kier molecular flexibility index (Phi) is 5.25. The number of rotatable bonds is 6. The first-order valence-corrected chi connectivity index (χ1v) is 8.13. The van der Waals surface area contributed by atoms with Crippen LogP contribution in [0.25, 0.3) is 11.4 Å². The van der Waals surface area contributed by atoms with Crippen molar-refractivity contribution in [2.24, 2.45) is 0 Å². The topological polar surface area (TPSA) is 65.2 Å². The average molecular weight is 376 g/mol. The molecular weight excluding hydrogens is 361 g/mol. The van der Waals surface area contributed by atoms with Gasteiger partial charge in [-0.25, -0.2) is 0 Å². The van der Waals surface area contributed by atoms with Crippen molar-refractivity contribution in [2.75, 3.05) is 0 Å². The minimum absolute atomic E-state index is 0.0316. The molecular formula is C19H15F3N2O3. The van der Waals surface area contributed by atoms with Crippen LogP contribution in [0.1, 0.15) is 35.2 Å². The van der Waals surface area contributed by atoms with Crippen molar-refractivity contribution in [3.05, 3.63) is 65.5 Å². The molecule has 0 N–H and O–H groups in total. The highest BCUT2D eigenvalue weighted by Gasteiger charge is 2.30. The number of hydrogen-bond acceptors (Lipinski definition) is 5. The second-order valence-electron chi connectivity index (χ2n) is 5.68. The Morgan fingerprint density at radius 1 is 1.15 bits per heavy atom. The van der Waals surface area contributed by atoms with Crippen LogP contribution in [-0.2, 0) is 12.8 Å². The highest BCUT2D eigenvalue weighted by molar-refractivity contribution is 5.95. The summed E-state index contributed by atoms with van der Waals surface area (Å²) in [5, 5.41) is 3.69. The van der Waals surface area contributed by atoms with Gasteiger partial charge in [0.1, 0.15) is 5.75 Å². The van der Waals surface area contributed by atoms with Gasteiger partial charge in [-0.15, -0.1) is 0 Å². The third kappa shape index (κ3) is 4.52. The molecule has 2 aromatic carbocycles. The summed E-state index contributed by atoms with van der Waals surface area (Å²) in [6.45, 7) is 1.73. The maximum atomic E-state index is 12.8. The van der Waals surface area contributed by atoms with Gasteiger partial charge in [0.2, 0.25) is 5.82 Å². The summed E-state index contributed by atoms with van der Waals surface area (Å²) in [5.41, 5.74) is 0.000968. The zero-order valence-corrected chi connectivity index (χ0v) is 14.3.